The largest absolute Gasteiger partial charge is 0.478 e. The van der Waals surface area contributed by atoms with Crippen LogP contribution < -0.4 is 11.1 Å². The van der Waals surface area contributed by atoms with Gasteiger partial charge in [-0.3, -0.25) is 29.8 Å². The van der Waals surface area contributed by atoms with E-state index in [-0.39, 0.29) is 28.2 Å². The first kappa shape index (κ1) is 21.9. The maximum Gasteiger partial charge on any atom is 0.338 e. The molecule has 0 bridgehead atoms. The normalized spacial score (nSPS) is 11.8. The van der Waals surface area contributed by atoms with Crippen LogP contribution in [0.15, 0.2) is 33.2 Å². The van der Waals surface area contributed by atoms with Gasteiger partial charge >= 0.3 is 5.97 Å². The lowest BCUT2D eigenvalue weighted by Gasteiger charge is -2.02. The standard InChI is InChI=1S/C8H3BrN2O4.C7H5BrN2O4/c9-3-1-4-6(5(2-3)11(14)15)10-8(13)7(4)12;8-3-1-4(7(11)12)6(9)5(2-3)10(13)14/h1-2H,(H,10,12,13);1-2H,9H2,(H,11,12). The summed E-state index contributed by atoms with van der Waals surface area (Å²) in [5.41, 5.74) is 3.97. The van der Waals surface area contributed by atoms with Crippen LogP contribution in [0.3, 0.4) is 0 Å². The Morgan fingerprint density at radius 2 is 1.52 bits per heavy atom. The van der Waals surface area contributed by atoms with Gasteiger partial charge in [-0.25, -0.2) is 4.79 Å². The summed E-state index contributed by atoms with van der Waals surface area (Å²) in [5, 5.41) is 32.0. The first-order valence-corrected chi connectivity index (χ1v) is 8.83. The Kier molecular flexibility index (Phi) is 6.28. The van der Waals surface area contributed by atoms with Crippen LogP contribution in [-0.4, -0.2) is 32.6 Å². The van der Waals surface area contributed by atoms with Crippen molar-refractivity contribution in [3.63, 3.8) is 0 Å². The first-order chi connectivity index (χ1) is 13.4. The molecular formula is C15H8Br2N4O8. The molecule has 150 valence electrons. The number of amides is 1. The van der Waals surface area contributed by atoms with Gasteiger partial charge in [0.15, 0.2) is 0 Å². The fraction of sp³-hybridized carbons (Fsp3) is 0. The fourth-order valence-corrected chi connectivity index (χ4v) is 3.16. The summed E-state index contributed by atoms with van der Waals surface area (Å²) in [6.07, 6.45) is 0. The molecule has 14 heteroatoms. The van der Waals surface area contributed by atoms with Crippen molar-refractivity contribution in [2.75, 3.05) is 11.1 Å². The third-order valence-electron chi connectivity index (χ3n) is 3.52. The van der Waals surface area contributed by atoms with Crippen LogP contribution in [0, 0.1) is 20.2 Å². The second-order valence-electron chi connectivity index (χ2n) is 5.34. The molecule has 2 aromatic rings. The van der Waals surface area contributed by atoms with Gasteiger partial charge in [-0.1, -0.05) is 31.9 Å². The van der Waals surface area contributed by atoms with E-state index in [1.165, 1.54) is 18.2 Å². The van der Waals surface area contributed by atoms with E-state index < -0.39 is 33.2 Å². The number of fused-ring (bicyclic) bond motifs is 1. The molecule has 1 aliphatic heterocycles. The van der Waals surface area contributed by atoms with Crippen molar-refractivity contribution >= 4 is 72.3 Å². The van der Waals surface area contributed by atoms with E-state index >= 15 is 0 Å². The molecule has 0 atom stereocenters. The van der Waals surface area contributed by atoms with Crippen molar-refractivity contribution in [2.45, 2.75) is 0 Å². The van der Waals surface area contributed by atoms with Crippen LogP contribution >= 0.6 is 31.9 Å². The van der Waals surface area contributed by atoms with Crippen LogP contribution in [0.25, 0.3) is 0 Å². The van der Waals surface area contributed by atoms with Gasteiger partial charge in [0.2, 0.25) is 0 Å². The van der Waals surface area contributed by atoms with Crippen molar-refractivity contribution in [3.05, 3.63) is 64.6 Å². The summed E-state index contributed by atoms with van der Waals surface area (Å²) in [4.78, 5) is 52.6. The van der Waals surface area contributed by atoms with E-state index in [4.69, 9.17) is 10.8 Å². The highest BCUT2D eigenvalue weighted by Gasteiger charge is 2.34. The third-order valence-corrected chi connectivity index (χ3v) is 4.43. The number of nitrogen functional groups attached to an aromatic ring is 1. The van der Waals surface area contributed by atoms with Crippen molar-refractivity contribution in [1.82, 2.24) is 0 Å². The highest BCUT2D eigenvalue weighted by atomic mass is 79.9. The number of aromatic carboxylic acids is 1. The van der Waals surface area contributed by atoms with Gasteiger partial charge in [-0.15, -0.1) is 0 Å². The highest BCUT2D eigenvalue weighted by Crippen LogP contribution is 2.36. The number of carboxylic acids is 1. The molecule has 12 nitrogen and oxygen atoms in total. The third kappa shape index (κ3) is 4.55. The minimum Gasteiger partial charge on any atom is -0.478 e. The number of nitrogens with one attached hydrogen (secondary N) is 1. The van der Waals surface area contributed by atoms with Crippen molar-refractivity contribution < 1.29 is 29.3 Å². The van der Waals surface area contributed by atoms with E-state index in [0.29, 0.717) is 8.95 Å². The monoisotopic (exact) mass is 530 g/mol. The van der Waals surface area contributed by atoms with Gasteiger partial charge in [-0.05, 0) is 12.1 Å². The highest BCUT2D eigenvalue weighted by molar-refractivity contribution is 9.10. The number of nitrogens with two attached hydrogens (primary N) is 1. The predicted octanol–water partition coefficient (Wildman–Crippen LogP) is 3.13. The number of carbonyl (C=O) groups excluding carboxylic acids is 2. The number of carboxylic acid groups (broad SMARTS) is 1. The number of halogens is 2. The molecule has 4 N–H and O–H groups in total. The fourth-order valence-electron chi connectivity index (χ4n) is 2.27. The topological polar surface area (TPSA) is 196 Å². The second-order valence-corrected chi connectivity index (χ2v) is 7.17. The molecule has 0 aliphatic carbocycles. The maximum absolute atomic E-state index is 11.3. The van der Waals surface area contributed by atoms with Crippen molar-refractivity contribution in [3.8, 4) is 0 Å². The lowest BCUT2D eigenvalue weighted by atomic mass is 10.1. The number of ketones is 1. The maximum atomic E-state index is 11.3. The molecule has 0 fully saturated rings. The van der Waals surface area contributed by atoms with Crippen LogP contribution in [0.4, 0.5) is 22.7 Å². The van der Waals surface area contributed by atoms with E-state index in [2.05, 4.69) is 37.2 Å². The molecule has 1 aliphatic rings. The summed E-state index contributed by atoms with van der Waals surface area (Å²) in [7, 11) is 0. The van der Waals surface area contributed by atoms with E-state index in [1.54, 1.807) is 0 Å². The molecule has 29 heavy (non-hydrogen) atoms. The Balaban J connectivity index is 0.000000208. The zero-order valence-corrected chi connectivity index (χ0v) is 17.0. The first-order valence-electron chi connectivity index (χ1n) is 7.24. The van der Waals surface area contributed by atoms with Gasteiger partial charge in [0.1, 0.15) is 11.4 Å². The SMILES string of the molecule is Nc1c(C(=O)O)cc(Br)cc1[N+](=O)[O-].O=C1Nc2c(cc(Br)cc2[N+](=O)[O-])C1=O. The molecule has 0 saturated heterocycles. The summed E-state index contributed by atoms with van der Waals surface area (Å²) >= 11 is 6.00. The molecule has 0 spiro atoms. The number of carbonyl (C=O) groups is 3. The van der Waals surface area contributed by atoms with Gasteiger partial charge in [0.05, 0.1) is 21.0 Å². The minimum atomic E-state index is -1.30. The number of nitrogens with zero attached hydrogens (tertiary/aromatic N) is 2. The summed E-state index contributed by atoms with van der Waals surface area (Å²) in [5.74, 6) is -2.90. The van der Waals surface area contributed by atoms with E-state index in [9.17, 15) is 34.6 Å². The number of anilines is 2. The lowest BCUT2D eigenvalue weighted by Crippen LogP contribution is -2.12. The quantitative estimate of drug-likeness (QED) is 0.230. The molecule has 1 heterocycles. The molecule has 0 aromatic heterocycles. The van der Waals surface area contributed by atoms with Crippen LogP contribution in [0.1, 0.15) is 20.7 Å². The lowest BCUT2D eigenvalue weighted by molar-refractivity contribution is -0.384. The smallest absolute Gasteiger partial charge is 0.338 e. The second kappa shape index (κ2) is 8.32. The molecule has 0 radical (unpaired) electrons. The average Bonchev–Trinajstić information content (AvgIpc) is 2.90. The summed E-state index contributed by atoms with van der Waals surface area (Å²) in [6, 6.07) is 4.98. The zero-order chi connectivity index (χ0) is 22.0. The summed E-state index contributed by atoms with van der Waals surface area (Å²) < 4.78 is 0.689. The number of Topliss-reactive ketones (excluding diaryl/α,β-unsaturated/α-hetero) is 1. The molecule has 3 rings (SSSR count). The summed E-state index contributed by atoms with van der Waals surface area (Å²) in [6.45, 7) is 0. The van der Waals surface area contributed by atoms with Gasteiger partial charge in [0, 0.05) is 21.1 Å². The molecule has 2 aromatic carbocycles. The van der Waals surface area contributed by atoms with Crippen LogP contribution in [0.5, 0.6) is 0 Å². The van der Waals surface area contributed by atoms with Crippen molar-refractivity contribution in [2.24, 2.45) is 0 Å². The number of rotatable bonds is 3. The molecule has 0 unspecified atom stereocenters. The number of hydrogen-bond acceptors (Lipinski definition) is 8. The Morgan fingerprint density at radius 3 is 2.03 bits per heavy atom. The Hall–Kier alpha value is -3.39. The zero-order valence-electron chi connectivity index (χ0n) is 13.8. The molecular weight excluding hydrogens is 524 g/mol. The van der Waals surface area contributed by atoms with Gasteiger partial charge in [0.25, 0.3) is 23.1 Å². The predicted molar refractivity (Wildman–Crippen MR) is 106 cm³/mol. The van der Waals surface area contributed by atoms with Gasteiger partial charge < -0.3 is 16.2 Å². The minimum absolute atomic E-state index is 0.0288. The Bertz CT molecular complexity index is 1070. The van der Waals surface area contributed by atoms with Crippen LogP contribution in [0.2, 0.25) is 0 Å². The van der Waals surface area contributed by atoms with E-state index in [1.807, 2.05) is 0 Å². The number of benzene rings is 2. The van der Waals surface area contributed by atoms with Crippen LogP contribution in [-0.2, 0) is 4.79 Å². The Morgan fingerprint density at radius 1 is 1.00 bits per heavy atom. The molecule has 1 amide bonds. The van der Waals surface area contributed by atoms with Crippen molar-refractivity contribution in [1.29, 1.82) is 0 Å². The van der Waals surface area contributed by atoms with E-state index in [0.717, 1.165) is 6.07 Å². The number of hydrogen-bond donors (Lipinski definition) is 3. The molecule has 0 saturated carbocycles. The Labute approximate surface area is 177 Å². The number of nitro benzene ring substituents is 2. The average molecular weight is 532 g/mol. The van der Waals surface area contributed by atoms with Gasteiger partial charge in [-0.2, -0.15) is 0 Å². The number of nitro groups is 2.